The van der Waals surface area contributed by atoms with E-state index in [2.05, 4.69) is 0 Å². The molecule has 2 N–H and O–H groups in total. The topological polar surface area (TPSA) is 44.5 Å². The van der Waals surface area contributed by atoms with Gasteiger partial charge in [0.15, 0.2) is 0 Å². The minimum atomic E-state index is 0.234. The maximum Gasteiger partial charge on any atom is 0.0649 e. The fourth-order valence-electron chi connectivity index (χ4n) is 2.89. The van der Waals surface area contributed by atoms with Crippen LogP contribution in [0.3, 0.4) is 0 Å². The molecule has 2 saturated heterocycles. The lowest BCUT2D eigenvalue weighted by Gasteiger charge is -2.33. The molecule has 2 bridgehead atoms. The van der Waals surface area contributed by atoms with Crippen molar-refractivity contribution in [1.29, 1.82) is 0 Å². The second-order valence-electron chi connectivity index (χ2n) is 4.54. The predicted octanol–water partition coefficient (Wildman–Crippen LogP) is 1.31. The Morgan fingerprint density at radius 3 is 2.86 bits per heavy atom. The Bertz CT molecular complexity index is 198. The number of nitrogens with two attached hydrogens (primary N) is 1. The second kappa shape index (κ2) is 4.17. The molecule has 2 heterocycles. The van der Waals surface area contributed by atoms with Crippen LogP contribution in [0.2, 0.25) is 0 Å². The van der Waals surface area contributed by atoms with Crippen molar-refractivity contribution in [3.8, 4) is 0 Å². The molecule has 0 radical (unpaired) electrons. The molecular formula is C11H21NO2. The molecule has 0 saturated carbocycles. The third-order valence-corrected chi connectivity index (χ3v) is 3.78. The molecule has 0 amide bonds. The van der Waals surface area contributed by atoms with Gasteiger partial charge >= 0.3 is 0 Å². The van der Waals surface area contributed by atoms with Crippen LogP contribution in [0.25, 0.3) is 0 Å². The fourth-order valence-corrected chi connectivity index (χ4v) is 2.89. The summed E-state index contributed by atoms with van der Waals surface area (Å²) >= 11 is 0. The van der Waals surface area contributed by atoms with Gasteiger partial charge in [0.1, 0.15) is 0 Å². The quantitative estimate of drug-likeness (QED) is 0.679. The van der Waals surface area contributed by atoms with Gasteiger partial charge in [0, 0.05) is 25.2 Å². The zero-order valence-corrected chi connectivity index (χ0v) is 9.00. The summed E-state index contributed by atoms with van der Waals surface area (Å²) in [5.41, 5.74) is 6.14. The van der Waals surface area contributed by atoms with Crippen LogP contribution in [0.5, 0.6) is 0 Å². The van der Waals surface area contributed by atoms with Gasteiger partial charge in [0.25, 0.3) is 0 Å². The molecule has 3 unspecified atom stereocenters. The molecule has 2 rings (SSSR count). The van der Waals surface area contributed by atoms with Crippen LogP contribution in [0, 0.1) is 5.41 Å². The van der Waals surface area contributed by atoms with E-state index in [-0.39, 0.29) is 5.41 Å². The smallest absolute Gasteiger partial charge is 0.0649 e. The Morgan fingerprint density at radius 2 is 2.36 bits per heavy atom. The van der Waals surface area contributed by atoms with Gasteiger partial charge in [-0.3, -0.25) is 0 Å². The van der Waals surface area contributed by atoms with Crippen LogP contribution in [-0.4, -0.2) is 32.0 Å². The van der Waals surface area contributed by atoms with Crippen molar-refractivity contribution >= 4 is 0 Å². The van der Waals surface area contributed by atoms with Gasteiger partial charge in [-0.25, -0.2) is 0 Å². The van der Waals surface area contributed by atoms with Crippen LogP contribution in [-0.2, 0) is 9.47 Å². The Kier molecular flexibility index (Phi) is 3.10. The Morgan fingerprint density at radius 1 is 1.50 bits per heavy atom. The van der Waals surface area contributed by atoms with Crippen molar-refractivity contribution in [2.45, 2.75) is 44.8 Å². The third-order valence-electron chi connectivity index (χ3n) is 3.78. The van der Waals surface area contributed by atoms with Crippen LogP contribution in [0.4, 0.5) is 0 Å². The Balaban J connectivity index is 1.90. The summed E-state index contributed by atoms with van der Waals surface area (Å²) in [6, 6.07) is 0. The van der Waals surface area contributed by atoms with Gasteiger partial charge in [-0.2, -0.15) is 0 Å². The summed E-state index contributed by atoms with van der Waals surface area (Å²) in [6.07, 6.45) is 5.57. The normalized spacial score (nSPS) is 40.7. The molecule has 0 spiro atoms. The van der Waals surface area contributed by atoms with Crippen LogP contribution in [0.15, 0.2) is 0 Å². The van der Waals surface area contributed by atoms with Crippen LogP contribution < -0.4 is 5.73 Å². The van der Waals surface area contributed by atoms with E-state index in [9.17, 15) is 0 Å². The second-order valence-corrected chi connectivity index (χ2v) is 4.54. The van der Waals surface area contributed by atoms with Gasteiger partial charge in [-0.05, 0) is 32.6 Å². The number of ether oxygens (including phenoxy) is 2. The van der Waals surface area contributed by atoms with Crippen LogP contribution in [0.1, 0.15) is 32.6 Å². The molecule has 2 fully saturated rings. The molecule has 3 nitrogen and oxygen atoms in total. The predicted molar refractivity (Wildman–Crippen MR) is 55.1 cm³/mol. The summed E-state index contributed by atoms with van der Waals surface area (Å²) in [5, 5.41) is 0. The van der Waals surface area contributed by atoms with Crippen molar-refractivity contribution in [1.82, 2.24) is 0 Å². The maximum absolute atomic E-state index is 5.90. The van der Waals surface area contributed by atoms with Crippen molar-refractivity contribution in [2.75, 3.05) is 19.8 Å². The standard InChI is InChI=1S/C11H21NO2/c1-2-13-6-5-11(8-12)7-9-3-4-10(11)14-9/h9-10H,2-8,12H2,1H3. The highest BCUT2D eigenvalue weighted by Crippen LogP contribution is 2.49. The zero-order chi connectivity index (χ0) is 10.0. The highest BCUT2D eigenvalue weighted by Gasteiger charge is 2.50. The van der Waals surface area contributed by atoms with Crippen molar-refractivity contribution in [3.63, 3.8) is 0 Å². The molecule has 82 valence electrons. The zero-order valence-electron chi connectivity index (χ0n) is 9.00. The minimum absolute atomic E-state index is 0.234. The van der Waals surface area contributed by atoms with Crippen molar-refractivity contribution in [3.05, 3.63) is 0 Å². The van der Waals surface area contributed by atoms with E-state index in [0.29, 0.717) is 12.2 Å². The molecule has 3 atom stereocenters. The largest absolute Gasteiger partial charge is 0.382 e. The average molecular weight is 199 g/mol. The average Bonchev–Trinajstić information content (AvgIpc) is 2.78. The lowest BCUT2D eigenvalue weighted by molar-refractivity contribution is 0.0387. The van der Waals surface area contributed by atoms with E-state index >= 15 is 0 Å². The lowest BCUT2D eigenvalue weighted by atomic mass is 9.72. The Labute approximate surface area is 85.9 Å². The van der Waals surface area contributed by atoms with E-state index in [1.54, 1.807) is 0 Å². The van der Waals surface area contributed by atoms with E-state index in [1.807, 2.05) is 6.92 Å². The minimum Gasteiger partial charge on any atom is -0.382 e. The number of hydrogen-bond donors (Lipinski definition) is 1. The molecule has 0 aliphatic carbocycles. The van der Waals surface area contributed by atoms with Crippen LogP contribution >= 0.6 is 0 Å². The van der Waals surface area contributed by atoms with Gasteiger partial charge in [0.05, 0.1) is 12.2 Å². The fraction of sp³-hybridized carbons (Fsp3) is 1.00. The van der Waals surface area contributed by atoms with E-state index in [4.69, 9.17) is 15.2 Å². The van der Waals surface area contributed by atoms with Gasteiger partial charge in [0.2, 0.25) is 0 Å². The first-order valence-electron chi connectivity index (χ1n) is 5.74. The lowest BCUT2D eigenvalue weighted by Crippen LogP contribution is -2.40. The molecular weight excluding hydrogens is 178 g/mol. The summed E-state index contributed by atoms with van der Waals surface area (Å²) in [5.74, 6) is 0. The van der Waals surface area contributed by atoms with Crippen molar-refractivity contribution in [2.24, 2.45) is 11.1 Å². The maximum atomic E-state index is 5.90. The molecule has 0 aromatic heterocycles. The monoisotopic (exact) mass is 199 g/mol. The SMILES string of the molecule is CCOCCC1(CN)CC2CCC1O2. The molecule has 3 heteroatoms. The summed E-state index contributed by atoms with van der Waals surface area (Å²) < 4.78 is 11.3. The van der Waals surface area contributed by atoms with E-state index in [1.165, 1.54) is 12.8 Å². The summed E-state index contributed by atoms with van der Waals surface area (Å²) in [6.45, 7) is 4.42. The van der Waals surface area contributed by atoms with Gasteiger partial charge in [-0.15, -0.1) is 0 Å². The highest BCUT2D eigenvalue weighted by atomic mass is 16.5. The molecule has 0 aromatic carbocycles. The number of fused-ring (bicyclic) bond motifs is 2. The first-order chi connectivity index (χ1) is 6.80. The summed E-state index contributed by atoms with van der Waals surface area (Å²) in [4.78, 5) is 0. The van der Waals surface area contributed by atoms with Gasteiger partial charge in [-0.1, -0.05) is 0 Å². The highest BCUT2D eigenvalue weighted by molar-refractivity contribution is 5.00. The van der Waals surface area contributed by atoms with Gasteiger partial charge < -0.3 is 15.2 Å². The molecule has 2 aliphatic rings. The summed E-state index contributed by atoms with van der Waals surface area (Å²) in [7, 11) is 0. The number of hydrogen-bond acceptors (Lipinski definition) is 3. The molecule has 0 aromatic rings. The van der Waals surface area contributed by atoms with Crippen molar-refractivity contribution < 1.29 is 9.47 Å². The molecule has 14 heavy (non-hydrogen) atoms. The first kappa shape index (κ1) is 10.4. The third kappa shape index (κ3) is 1.69. The first-order valence-corrected chi connectivity index (χ1v) is 5.74. The van der Waals surface area contributed by atoms with E-state index < -0.39 is 0 Å². The van der Waals surface area contributed by atoms with E-state index in [0.717, 1.165) is 32.6 Å². The Hall–Kier alpha value is -0.120. The number of rotatable bonds is 5. The molecule has 2 aliphatic heterocycles.